The first-order valence-electron chi connectivity index (χ1n) is 7.65. The van der Waals surface area contributed by atoms with E-state index in [4.69, 9.17) is 0 Å². The number of nitrogens with one attached hydrogen (secondary N) is 2. The van der Waals surface area contributed by atoms with E-state index in [1.54, 1.807) is 48.8 Å². The van der Waals surface area contributed by atoms with E-state index in [1.807, 2.05) is 0 Å². The van der Waals surface area contributed by atoms with Crippen LogP contribution in [0.5, 0.6) is 0 Å². The number of amides is 2. The summed E-state index contributed by atoms with van der Waals surface area (Å²) in [5.41, 5.74) is 0.757. The Balaban J connectivity index is 1.57. The van der Waals surface area contributed by atoms with Crippen molar-refractivity contribution in [2.75, 3.05) is 6.54 Å². The van der Waals surface area contributed by atoms with Gasteiger partial charge in [0.15, 0.2) is 0 Å². The van der Waals surface area contributed by atoms with Crippen LogP contribution in [0.4, 0.5) is 0 Å². The molecule has 6 nitrogen and oxygen atoms in total. The molecule has 2 aromatic rings. The molecule has 118 valence electrons. The zero-order valence-corrected chi connectivity index (χ0v) is 12.6. The van der Waals surface area contributed by atoms with Gasteiger partial charge < -0.3 is 10.6 Å². The maximum absolute atomic E-state index is 12.2. The Morgan fingerprint density at radius 3 is 2.13 bits per heavy atom. The van der Waals surface area contributed by atoms with Crippen molar-refractivity contribution in [3.8, 4) is 0 Å². The van der Waals surface area contributed by atoms with E-state index in [-0.39, 0.29) is 17.9 Å². The molecule has 2 amide bonds. The average molecular weight is 310 g/mol. The van der Waals surface area contributed by atoms with E-state index < -0.39 is 0 Å². The molecule has 1 aliphatic carbocycles. The highest BCUT2D eigenvalue weighted by atomic mass is 16.2. The van der Waals surface area contributed by atoms with Crippen molar-refractivity contribution in [3.05, 3.63) is 60.2 Å². The van der Waals surface area contributed by atoms with Crippen molar-refractivity contribution in [2.45, 2.75) is 18.9 Å². The fourth-order valence-corrected chi connectivity index (χ4v) is 2.36. The Morgan fingerprint density at radius 1 is 1.00 bits per heavy atom. The predicted octanol–water partition coefficient (Wildman–Crippen LogP) is 1.41. The molecule has 0 unspecified atom stereocenters. The van der Waals surface area contributed by atoms with Crippen molar-refractivity contribution < 1.29 is 9.59 Å². The minimum atomic E-state index is -0.233. The van der Waals surface area contributed by atoms with Crippen LogP contribution in [0.1, 0.15) is 33.8 Å². The summed E-state index contributed by atoms with van der Waals surface area (Å²) in [6.45, 7) is 0.388. The highest BCUT2D eigenvalue weighted by molar-refractivity contribution is 5.93. The van der Waals surface area contributed by atoms with Crippen LogP contribution in [0.3, 0.4) is 0 Å². The number of carbonyl (C=O) groups excluding carboxylic acids is 2. The fourth-order valence-electron chi connectivity index (χ4n) is 2.36. The molecule has 2 N–H and O–H groups in total. The molecule has 2 heterocycles. The maximum Gasteiger partial charge on any atom is 0.270 e. The lowest BCUT2D eigenvalue weighted by Crippen LogP contribution is -2.45. The largest absolute Gasteiger partial charge is 0.349 e. The van der Waals surface area contributed by atoms with Gasteiger partial charge in [-0.05, 0) is 43.0 Å². The molecule has 0 aromatic carbocycles. The van der Waals surface area contributed by atoms with Gasteiger partial charge in [-0.2, -0.15) is 0 Å². The molecule has 0 radical (unpaired) electrons. The summed E-state index contributed by atoms with van der Waals surface area (Å²) in [4.78, 5) is 32.3. The summed E-state index contributed by atoms with van der Waals surface area (Å²) in [7, 11) is 0. The molecule has 23 heavy (non-hydrogen) atoms. The Bertz CT molecular complexity index is 672. The SMILES string of the molecule is O=C(NC[C@@H](NC(=O)c1ccccn1)C1CC1)c1ccccn1. The zero-order chi connectivity index (χ0) is 16.1. The summed E-state index contributed by atoms with van der Waals surface area (Å²) in [5.74, 6) is -0.0374. The molecule has 0 saturated heterocycles. The third-order valence-electron chi connectivity index (χ3n) is 3.79. The number of carbonyl (C=O) groups is 2. The van der Waals surface area contributed by atoms with Crippen LogP contribution in [0.15, 0.2) is 48.8 Å². The van der Waals surface area contributed by atoms with Gasteiger partial charge in [-0.3, -0.25) is 19.6 Å². The lowest BCUT2D eigenvalue weighted by molar-refractivity contribution is 0.0898. The minimum absolute atomic E-state index is 0.0860. The van der Waals surface area contributed by atoms with Crippen LogP contribution in [0, 0.1) is 5.92 Å². The fraction of sp³-hybridized carbons (Fsp3) is 0.294. The summed E-state index contributed by atoms with van der Waals surface area (Å²) in [5, 5.41) is 5.81. The predicted molar refractivity (Wildman–Crippen MR) is 84.8 cm³/mol. The van der Waals surface area contributed by atoms with Crippen LogP contribution in [0.25, 0.3) is 0 Å². The van der Waals surface area contributed by atoms with Crippen LogP contribution >= 0.6 is 0 Å². The van der Waals surface area contributed by atoms with E-state index in [0.29, 0.717) is 23.9 Å². The Labute approximate surface area is 134 Å². The Morgan fingerprint density at radius 2 is 1.61 bits per heavy atom. The van der Waals surface area contributed by atoms with Gasteiger partial charge in [-0.15, -0.1) is 0 Å². The second-order valence-electron chi connectivity index (χ2n) is 5.56. The van der Waals surface area contributed by atoms with Gasteiger partial charge in [0, 0.05) is 25.0 Å². The third kappa shape index (κ3) is 4.12. The van der Waals surface area contributed by atoms with E-state index in [9.17, 15) is 9.59 Å². The quantitative estimate of drug-likeness (QED) is 0.845. The number of aromatic nitrogens is 2. The van der Waals surface area contributed by atoms with Gasteiger partial charge in [0.05, 0.1) is 0 Å². The van der Waals surface area contributed by atoms with Crippen molar-refractivity contribution in [3.63, 3.8) is 0 Å². The standard InChI is InChI=1S/C17H18N4O2/c22-16(13-5-1-3-9-18-13)20-11-15(12-7-8-12)21-17(23)14-6-2-4-10-19-14/h1-6,9-10,12,15H,7-8,11H2,(H,20,22)(H,21,23)/t15-/m1/s1. The van der Waals surface area contributed by atoms with Crippen molar-refractivity contribution in [1.82, 2.24) is 20.6 Å². The van der Waals surface area contributed by atoms with Crippen LogP contribution in [0.2, 0.25) is 0 Å². The van der Waals surface area contributed by atoms with Gasteiger partial charge in [0.25, 0.3) is 11.8 Å². The molecule has 1 aliphatic rings. The molecular weight excluding hydrogens is 292 g/mol. The van der Waals surface area contributed by atoms with Gasteiger partial charge in [-0.1, -0.05) is 12.1 Å². The van der Waals surface area contributed by atoms with Crippen molar-refractivity contribution in [1.29, 1.82) is 0 Å². The number of hydrogen-bond donors (Lipinski definition) is 2. The van der Waals surface area contributed by atoms with Crippen LogP contribution in [-0.2, 0) is 0 Å². The average Bonchev–Trinajstić information content (AvgIpc) is 3.44. The maximum atomic E-state index is 12.2. The molecule has 0 bridgehead atoms. The summed E-state index contributed by atoms with van der Waals surface area (Å²) < 4.78 is 0. The zero-order valence-electron chi connectivity index (χ0n) is 12.6. The molecule has 3 rings (SSSR count). The van der Waals surface area contributed by atoms with Crippen LogP contribution in [-0.4, -0.2) is 34.4 Å². The molecule has 1 atom stereocenters. The molecule has 1 saturated carbocycles. The molecule has 2 aromatic heterocycles. The Kier molecular flexibility index (Phi) is 4.61. The lowest BCUT2D eigenvalue weighted by Gasteiger charge is -2.18. The van der Waals surface area contributed by atoms with Gasteiger partial charge in [-0.25, -0.2) is 0 Å². The molecule has 0 spiro atoms. The highest BCUT2D eigenvalue weighted by Gasteiger charge is 2.32. The highest BCUT2D eigenvalue weighted by Crippen LogP contribution is 2.32. The lowest BCUT2D eigenvalue weighted by atomic mass is 10.1. The molecular formula is C17H18N4O2. The minimum Gasteiger partial charge on any atom is -0.349 e. The third-order valence-corrected chi connectivity index (χ3v) is 3.79. The number of hydrogen-bond acceptors (Lipinski definition) is 4. The van der Waals surface area contributed by atoms with Crippen molar-refractivity contribution in [2.24, 2.45) is 5.92 Å². The molecule has 0 aliphatic heterocycles. The smallest absolute Gasteiger partial charge is 0.270 e. The second-order valence-corrected chi connectivity index (χ2v) is 5.56. The number of rotatable bonds is 6. The monoisotopic (exact) mass is 310 g/mol. The van der Waals surface area contributed by atoms with Gasteiger partial charge in [0.1, 0.15) is 11.4 Å². The van der Waals surface area contributed by atoms with E-state index in [0.717, 1.165) is 12.8 Å². The summed E-state index contributed by atoms with van der Waals surface area (Å²) in [6, 6.07) is 10.3. The Hall–Kier alpha value is -2.76. The first-order valence-corrected chi connectivity index (χ1v) is 7.65. The van der Waals surface area contributed by atoms with Crippen LogP contribution < -0.4 is 10.6 Å². The summed E-state index contributed by atoms with van der Waals surface area (Å²) >= 11 is 0. The normalized spacial score (nSPS) is 14.8. The number of pyridine rings is 2. The molecule has 6 heteroatoms. The number of nitrogens with zero attached hydrogens (tertiary/aromatic N) is 2. The van der Waals surface area contributed by atoms with Gasteiger partial charge >= 0.3 is 0 Å². The van der Waals surface area contributed by atoms with Crippen molar-refractivity contribution >= 4 is 11.8 Å². The first-order chi connectivity index (χ1) is 11.2. The first kappa shape index (κ1) is 15.1. The van der Waals surface area contributed by atoms with E-state index in [1.165, 1.54) is 0 Å². The topological polar surface area (TPSA) is 84.0 Å². The summed E-state index contributed by atoms with van der Waals surface area (Å²) in [6.07, 6.45) is 5.29. The van der Waals surface area contributed by atoms with Gasteiger partial charge in [0.2, 0.25) is 0 Å². The van der Waals surface area contributed by atoms with E-state index >= 15 is 0 Å². The van der Waals surface area contributed by atoms with E-state index in [2.05, 4.69) is 20.6 Å². The molecule has 1 fully saturated rings. The second kappa shape index (κ2) is 7.00.